The second-order valence-electron chi connectivity index (χ2n) is 3.93. The van der Waals surface area contributed by atoms with E-state index in [1.165, 1.54) is 16.4 Å². The van der Waals surface area contributed by atoms with Crippen molar-refractivity contribution in [3.05, 3.63) is 41.2 Å². The average Bonchev–Trinajstić information content (AvgIpc) is 3.19. The number of fused-ring (bicyclic) bond motifs is 1. The second kappa shape index (κ2) is 4.48. The number of pyridine rings is 1. The van der Waals surface area contributed by atoms with Crippen molar-refractivity contribution in [2.24, 2.45) is 0 Å². The molecule has 0 fully saturated rings. The molecule has 19 heavy (non-hydrogen) atoms. The lowest BCUT2D eigenvalue weighted by Crippen LogP contribution is -1.85. The Morgan fingerprint density at radius 3 is 2.47 bits per heavy atom. The molecule has 0 spiro atoms. The fourth-order valence-corrected chi connectivity index (χ4v) is 4.19. The van der Waals surface area contributed by atoms with Crippen LogP contribution in [0, 0.1) is 0 Å². The van der Waals surface area contributed by atoms with E-state index in [9.17, 15) is 0 Å². The van der Waals surface area contributed by atoms with Crippen LogP contribution in [0.4, 0.5) is 0 Å². The first-order chi connectivity index (χ1) is 9.43. The van der Waals surface area contributed by atoms with Gasteiger partial charge in [-0.3, -0.25) is 4.98 Å². The molecule has 4 rings (SSSR count). The molecule has 92 valence electrons. The molecule has 0 atom stereocenters. The van der Waals surface area contributed by atoms with Crippen molar-refractivity contribution >= 4 is 44.4 Å². The molecule has 0 bridgehead atoms. The third kappa shape index (κ3) is 1.80. The Bertz CT molecular complexity index is 748. The smallest absolute Gasteiger partial charge is 0.118 e. The quantitative estimate of drug-likeness (QED) is 0.545. The maximum Gasteiger partial charge on any atom is 0.118 e. The molecular formula is C13H7N3S3. The lowest BCUT2D eigenvalue weighted by atomic mass is 10.2. The highest BCUT2D eigenvalue weighted by molar-refractivity contribution is 7.16. The zero-order valence-corrected chi connectivity index (χ0v) is 12.1. The van der Waals surface area contributed by atoms with Gasteiger partial charge in [0.05, 0.1) is 4.88 Å². The van der Waals surface area contributed by atoms with Crippen LogP contribution in [0.15, 0.2) is 41.2 Å². The lowest BCUT2D eigenvalue weighted by Gasteiger charge is -2.02. The Labute approximate surface area is 121 Å². The summed E-state index contributed by atoms with van der Waals surface area (Å²) >= 11 is 4.80. The summed E-state index contributed by atoms with van der Waals surface area (Å²) in [5.74, 6) is 0. The molecule has 0 aliphatic carbocycles. The van der Waals surface area contributed by atoms with Gasteiger partial charge in [-0.2, -0.15) is 0 Å². The van der Waals surface area contributed by atoms with Crippen LogP contribution in [-0.2, 0) is 0 Å². The molecule has 3 nitrogen and oxygen atoms in total. The summed E-state index contributed by atoms with van der Waals surface area (Å²) in [6.07, 6.45) is 1.91. The minimum Gasteiger partial charge on any atom is -0.253 e. The highest BCUT2D eigenvalue weighted by Gasteiger charge is 2.15. The van der Waals surface area contributed by atoms with Crippen LogP contribution in [0.1, 0.15) is 0 Å². The number of rotatable bonds is 2. The van der Waals surface area contributed by atoms with Crippen molar-refractivity contribution in [2.75, 3.05) is 0 Å². The van der Waals surface area contributed by atoms with Crippen molar-refractivity contribution in [1.82, 2.24) is 14.6 Å². The van der Waals surface area contributed by atoms with Crippen LogP contribution >= 0.6 is 34.2 Å². The van der Waals surface area contributed by atoms with E-state index in [1.807, 2.05) is 18.3 Å². The highest BCUT2D eigenvalue weighted by Crippen LogP contribution is 2.37. The van der Waals surface area contributed by atoms with E-state index in [-0.39, 0.29) is 0 Å². The molecule has 6 heteroatoms. The molecule has 0 aliphatic heterocycles. The Morgan fingerprint density at radius 2 is 1.74 bits per heavy atom. The Balaban J connectivity index is 2.01. The first-order valence-corrected chi connectivity index (χ1v) is 8.15. The van der Waals surface area contributed by atoms with Crippen LogP contribution in [0.2, 0.25) is 0 Å². The van der Waals surface area contributed by atoms with E-state index < -0.39 is 0 Å². The van der Waals surface area contributed by atoms with E-state index in [4.69, 9.17) is 0 Å². The van der Waals surface area contributed by atoms with Gasteiger partial charge in [-0.1, -0.05) is 16.6 Å². The summed E-state index contributed by atoms with van der Waals surface area (Å²) in [7, 11) is 0. The zero-order chi connectivity index (χ0) is 12.7. The third-order valence-electron chi connectivity index (χ3n) is 2.82. The normalized spacial score (nSPS) is 11.2. The van der Waals surface area contributed by atoms with Crippen LogP contribution in [-0.4, -0.2) is 14.6 Å². The predicted molar refractivity (Wildman–Crippen MR) is 81.8 cm³/mol. The van der Waals surface area contributed by atoms with Gasteiger partial charge in [-0.05, 0) is 34.4 Å². The fourth-order valence-electron chi connectivity index (χ4n) is 1.97. The van der Waals surface area contributed by atoms with Gasteiger partial charge in [-0.25, -0.2) is 0 Å². The van der Waals surface area contributed by atoms with Gasteiger partial charge in [0, 0.05) is 16.6 Å². The molecule has 0 saturated carbocycles. The van der Waals surface area contributed by atoms with Crippen LogP contribution in [0.5, 0.6) is 0 Å². The van der Waals surface area contributed by atoms with Crippen LogP contribution < -0.4 is 0 Å². The van der Waals surface area contributed by atoms with Crippen LogP contribution in [0.3, 0.4) is 0 Å². The number of thiophene rings is 2. The molecule has 0 aliphatic rings. The van der Waals surface area contributed by atoms with E-state index >= 15 is 0 Å². The Hall–Kier alpha value is -1.63. The third-order valence-corrected chi connectivity index (χ3v) is 5.33. The maximum atomic E-state index is 4.62. The minimum atomic E-state index is 0.950. The van der Waals surface area contributed by atoms with E-state index in [2.05, 4.69) is 37.5 Å². The van der Waals surface area contributed by atoms with Gasteiger partial charge in [0.1, 0.15) is 15.9 Å². The lowest BCUT2D eigenvalue weighted by molar-refractivity contribution is 1.20. The van der Waals surface area contributed by atoms with E-state index in [0.29, 0.717) is 0 Å². The second-order valence-corrected chi connectivity index (χ2v) is 6.58. The van der Waals surface area contributed by atoms with Gasteiger partial charge >= 0.3 is 0 Å². The molecule has 4 aromatic heterocycles. The summed E-state index contributed by atoms with van der Waals surface area (Å²) in [5, 5.41) is 8.41. The molecule has 4 aromatic rings. The zero-order valence-electron chi connectivity index (χ0n) is 9.61. The van der Waals surface area contributed by atoms with Crippen molar-refractivity contribution < 1.29 is 0 Å². The minimum absolute atomic E-state index is 0.950. The summed E-state index contributed by atoms with van der Waals surface area (Å²) in [4.78, 5) is 6.97. The first-order valence-electron chi connectivity index (χ1n) is 5.62. The summed E-state index contributed by atoms with van der Waals surface area (Å²) in [6.45, 7) is 0. The molecule has 0 saturated heterocycles. The van der Waals surface area contributed by atoms with Crippen molar-refractivity contribution in [1.29, 1.82) is 0 Å². The monoisotopic (exact) mass is 301 g/mol. The Morgan fingerprint density at radius 1 is 0.947 bits per heavy atom. The van der Waals surface area contributed by atoms with E-state index in [0.717, 1.165) is 26.4 Å². The summed E-state index contributed by atoms with van der Waals surface area (Å²) < 4.78 is 5.17. The van der Waals surface area contributed by atoms with Gasteiger partial charge in [0.25, 0.3) is 0 Å². The highest BCUT2D eigenvalue weighted by atomic mass is 32.1. The number of nitrogens with zero attached hydrogens (tertiary/aromatic N) is 3. The van der Waals surface area contributed by atoms with Crippen molar-refractivity contribution in [3.63, 3.8) is 0 Å². The van der Waals surface area contributed by atoms with Gasteiger partial charge in [0.2, 0.25) is 0 Å². The maximum absolute atomic E-state index is 4.62. The molecule has 0 amide bonds. The number of aromatic nitrogens is 3. The van der Waals surface area contributed by atoms with Crippen molar-refractivity contribution in [2.45, 2.75) is 0 Å². The molecule has 4 heterocycles. The van der Waals surface area contributed by atoms with Crippen LogP contribution in [0.25, 0.3) is 31.2 Å². The predicted octanol–water partition coefficient (Wildman–Crippen LogP) is 4.54. The summed E-state index contributed by atoms with van der Waals surface area (Å²) in [5.41, 5.74) is 3.00. The van der Waals surface area contributed by atoms with Crippen molar-refractivity contribution in [3.8, 4) is 21.0 Å². The SMILES string of the molecule is c1csc(-c2cnc(-c3cccs3)c3snnc23)c1. The topological polar surface area (TPSA) is 38.7 Å². The molecule has 0 N–H and O–H groups in total. The molecule has 0 unspecified atom stereocenters. The van der Waals surface area contributed by atoms with E-state index in [1.54, 1.807) is 22.7 Å². The molecular weight excluding hydrogens is 294 g/mol. The van der Waals surface area contributed by atoms with Gasteiger partial charge in [-0.15, -0.1) is 27.8 Å². The first kappa shape index (κ1) is 11.2. The molecule has 0 aromatic carbocycles. The molecule has 0 radical (unpaired) electrons. The summed E-state index contributed by atoms with van der Waals surface area (Å²) in [6, 6.07) is 8.25. The number of hydrogen-bond acceptors (Lipinski definition) is 6. The number of hydrogen-bond donors (Lipinski definition) is 0. The Kier molecular flexibility index (Phi) is 2.65. The van der Waals surface area contributed by atoms with Gasteiger partial charge in [0.15, 0.2) is 0 Å². The van der Waals surface area contributed by atoms with Gasteiger partial charge < -0.3 is 0 Å². The average molecular weight is 301 g/mol. The standard InChI is InChI=1S/C13H7N3S3/c1-3-9(17-5-1)8-7-14-12(10-4-2-6-18-10)13-11(8)15-16-19-13/h1-7H. The fraction of sp³-hybridized carbons (Fsp3) is 0. The largest absolute Gasteiger partial charge is 0.253 e.